The van der Waals surface area contributed by atoms with Gasteiger partial charge >= 0.3 is 11.8 Å². The highest BCUT2D eigenvalue weighted by atomic mass is 127. The van der Waals surface area contributed by atoms with E-state index in [2.05, 4.69) is 21.2 Å². The zero-order chi connectivity index (χ0) is 26.9. The number of hydrazone groups is 1. The van der Waals surface area contributed by atoms with E-state index in [4.69, 9.17) is 32.7 Å². The van der Waals surface area contributed by atoms with E-state index in [9.17, 15) is 18.8 Å². The van der Waals surface area contributed by atoms with Gasteiger partial charge in [-0.2, -0.15) is 5.10 Å². The number of ether oxygens (including phenoxy) is 2. The van der Waals surface area contributed by atoms with Crippen LogP contribution < -0.4 is 25.5 Å². The van der Waals surface area contributed by atoms with Gasteiger partial charge in [-0.3, -0.25) is 14.4 Å². The zero-order valence-corrected chi connectivity index (χ0v) is 22.7. The van der Waals surface area contributed by atoms with Gasteiger partial charge in [0.15, 0.2) is 18.1 Å². The molecule has 0 atom stereocenters. The van der Waals surface area contributed by atoms with E-state index >= 15 is 0 Å². The fourth-order valence-corrected chi connectivity index (χ4v) is 3.94. The molecule has 0 bridgehead atoms. The topological polar surface area (TPSA) is 118 Å². The standard InChI is InChI=1S/C24H18Cl2FIN4O5/c1-36-19-10-13(11-29-32-24(35)23(34)30-15-7-5-14(27)6-8-15)9-17(28)22(19)37-12-20(33)31-18-4-2-3-16(25)21(18)26/h2-11H,12H2,1H3,(H,30,34)(H,31,33)(H,32,35)/b29-11-. The number of nitrogens with zero attached hydrogens (tertiary/aromatic N) is 1. The van der Waals surface area contributed by atoms with Crippen molar-refractivity contribution in [2.75, 3.05) is 24.4 Å². The third-order valence-electron chi connectivity index (χ3n) is 4.51. The molecule has 0 aromatic heterocycles. The maximum absolute atomic E-state index is 12.9. The van der Waals surface area contributed by atoms with Gasteiger partial charge in [0.1, 0.15) is 5.82 Å². The molecule has 0 unspecified atom stereocenters. The Morgan fingerprint density at radius 1 is 1.05 bits per heavy atom. The molecule has 0 radical (unpaired) electrons. The van der Waals surface area contributed by atoms with Crippen molar-refractivity contribution < 1.29 is 28.2 Å². The summed E-state index contributed by atoms with van der Waals surface area (Å²) in [5, 5.41) is 9.23. The first kappa shape index (κ1) is 28.2. The highest BCUT2D eigenvalue weighted by molar-refractivity contribution is 14.1. The number of benzene rings is 3. The van der Waals surface area contributed by atoms with Gasteiger partial charge in [0.25, 0.3) is 5.91 Å². The van der Waals surface area contributed by atoms with Gasteiger partial charge in [-0.15, -0.1) is 0 Å². The molecule has 37 heavy (non-hydrogen) atoms. The number of rotatable bonds is 8. The number of amides is 3. The summed E-state index contributed by atoms with van der Waals surface area (Å²) in [7, 11) is 1.42. The van der Waals surface area contributed by atoms with Crippen molar-refractivity contribution in [3.8, 4) is 11.5 Å². The molecule has 3 N–H and O–H groups in total. The van der Waals surface area contributed by atoms with Gasteiger partial charge < -0.3 is 20.1 Å². The monoisotopic (exact) mass is 658 g/mol. The minimum atomic E-state index is -1.02. The first-order chi connectivity index (χ1) is 17.7. The number of hydrogen-bond donors (Lipinski definition) is 3. The first-order valence-corrected chi connectivity index (χ1v) is 12.2. The molecule has 0 aliphatic carbocycles. The Kier molecular flexibility index (Phi) is 10.1. The van der Waals surface area contributed by atoms with Crippen LogP contribution in [0, 0.1) is 9.39 Å². The van der Waals surface area contributed by atoms with Crippen LogP contribution in [-0.4, -0.2) is 37.7 Å². The average Bonchev–Trinajstić information content (AvgIpc) is 2.87. The Morgan fingerprint density at radius 3 is 2.49 bits per heavy atom. The van der Waals surface area contributed by atoms with Crippen molar-refractivity contribution in [2.24, 2.45) is 5.10 Å². The summed E-state index contributed by atoms with van der Waals surface area (Å²) >= 11 is 14.0. The van der Waals surface area contributed by atoms with Gasteiger partial charge in [0.2, 0.25) is 0 Å². The lowest BCUT2D eigenvalue weighted by atomic mass is 10.2. The SMILES string of the molecule is COc1cc(/C=N\NC(=O)C(=O)Nc2ccc(F)cc2)cc(I)c1OCC(=O)Nc1cccc(Cl)c1Cl. The summed E-state index contributed by atoms with van der Waals surface area (Å²) in [5.74, 6) is -2.31. The van der Waals surface area contributed by atoms with Crippen LogP contribution in [0.5, 0.6) is 11.5 Å². The van der Waals surface area contributed by atoms with E-state index in [-0.39, 0.29) is 17.3 Å². The second kappa shape index (κ2) is 13.2. The molecule has 9 nitrogen and oxygen atoms in total. The van der Waals surface area contributed by atoms with Gasteiger partial charge in [-0.25, -0.2) is 9.82 Å². The van der Waals surface area contributed by atoms with E-state index in [1.54, 1.807) is 30.3 Å². The molecule has 3 rings (SSSR count). The molecule has 13 heteroatoms. The highest BCUT2D eigenvalue weighted by Gasteiger charge is 2.16. The highest BCUT2D eigenvalue weighted by Crippen LogP contribution is 2.34. The predicted octanol–water partition coefficient (Wildman–Crippen LogP) is 4.85. The maximum Gasteiger partial charge on any atom is 0.329 e. The number of carbonyl (C=O) groups is 3. The largest absolute Gasteiger partial charge is 0.493 e. The molecule has 3 aromatic carbocycles. The zero-order valence-electron chi connectivity index (χ0n) is 19.0. The summed E-state index contributed by atoms with van der Waals surface area (Å²) in [5.41, 5.74) is 3.22. The fraction of sp³-hybridized carbons (Fsp3) is 0.0833. The average molecular weight is 659 g/mol. The van der Waals surface area contributed by atoms with Crippen LogP contribution in [0.4, 0.5) is 15.8 Å². The van der Waals surface area contributed by atoms with Crippen LogP contribution in [0.3, 0.4) is 0 Å². The molecule has 3 aromatic rings. The van der Waals surface area contributed by atoms with E-state index in [0.717, 1.165) is 12.1 Å². The Balaban J connectivity index is 1.59. The Hall–Kier alpha value is -3.42. The summed E-state index contributed by atoms with van der Waals surface area (Å²) in [4.78, 5) is 36.2. The Bertz CT molecular complexity index is 1360. The Labute approximate surface area is 234 Å². The van der Waals surface area contributed by atoms with Crippen molar-refractivity contribution in [1.82, 2.24) is 5.43 Å². The number of hydrogen-bond acceptors (Lipinski definition) is 6. The lowest BCUT2D eigenvalue weighted by Crippen LogP contribution is -2.32. The van der Waals surface area contributed by atoms with Crippen LogP contribution in [0.2, 0.25) is 10.0 Å². The second-order valence-corrected chi connectivity index (χ2v) is 9.08. The molecule has 0 saturated carbocycles. The number of anilines is 2. The molecule has 0 fully saturated rings. The van der Waals surface area contributed by atoms with Crippen molar-refractivity contribution in [1.29, 1.82) is 0 Å². The number of methoxy groups -OCH3 is 1. The first-order valence-electron chi connectivity index (χ1n) is 10.3. The molecule has 0 heterocycles. The minimum absolute atomic E-state index is 0.216. The molecular formula is C24H18Cl2FIN4O5. The van der Waals surface area contributed by atoms with Crippen LogP contribution in [0.25, 0.3) is 0 Å². The van der Waals surface area contributed by atoms with Crippen molar-refractivity contribution in [3.63, 3.8) is 0 Å². The van der Waals surface area contributed by atoms with Crippen LogP contribution >= 0.6 is 45.8 Å². The van der Waals surface area contributed by atoms with E-state index in [1.807, 2.05) is 22.6 Å². The van der Waals surface area contributed by atoms with Crippen LogP contribution in [0.1, 0.15) is 5.56 Å². The molecule has 3 amide bonds. The number of halogens is 4. The molecule has 0 aliphatic rings. The van der Waals surface area contributed by atoms with Gasteiger partial charge in [0, 0.05) is 5.69 Å². The summed E-state index contributed by atoms with van der Waals surface area (Å²) in [6.45, 7) is -0.331. The third kappa shape index (κ3) is 8.03. The van der Waals surface area contributed by atoms with E-state index in [1.165, 1.54) is 25.5 Å². The van der Waals surface area contributed by atoms with E-state index < -0.39 is 23.5 Å². The summed E-state index contributed by atoms with van der Waals surface area (Å²) in [6, 6.07) is 13.0. The van der Waals surface area contributed by atoms with Crippen LogP contribution in [0.15, 0.2) is 59.7 Å². The summed E-state index contributed by atoms with van der Waals surface area (Å²) in [6.07, 6.45) is 1.30. The predicted molar refractivity (Wildman–Crippen MR) is 147 cm³/mol. The summed E-state index contributed by atoms with van der Waals surface area (Å²) < 4.78 is 24.5. The van der Waals surface area contributed by atoms with Crippen molar-refractivity contribution in [3.05, 3.63) is 79.6 Å². The molecular weight excluding hydrogens is 641 g/mol. The van der Waals surface area contributed by atoms with E-state index in [0.29, 0.717) is 31.3 Å². The molecule has 0 saturated heterocycles. The minimum Gasteiger partial charge on any atom is -0.493 e. The van der Waals surface area contributed by atoms with Crippen LogP contribution in [-0.2, 0) is 14.4 Å². The molecule has 0 aliphatic heterocycles. The quantitative estimate of drug-likeness (QED) is 0.138. The number of carbonyl (C=O) groups excluding carboxylic acids is 3. The van der Waals surface area contributed by atoms with Crippen molar-refractivity contribution in [2.45, 2.75) is 0 Å². The molecule has 0 spiro atoms. The van der Waals surface area contributed by atoms with Crippen molar-refractivity contribution >= 4 is 81.1 Å². The van der Waals surface area contributed by atoms with Gasteiger partial charge in [-0.1, -0.05) is 29.3 Å². The maximum atomic E-state index is 12.9. The lowest BCUT2D eigenvalue weighted by molar-refractivity contribution is -0.136. The molecule has 192 valence electrons. The third-order valence-corrected chi connectivity index (χ3v) is 6.13. The fourth-order valence-electron chi connectivity index (χ4n) is 2.82. The Morgan fingerprint density at radius 2 is 1.78 bits per heavy atom. The second-order valence-electron chi connectivity index (χ2n) is 7.13. The van der Waals surface area contributed by atoms with Gasteiger partial charge in [0.05, 0.1) is 32.6 Å². The van der Waals surface area contributed by atoms with Gasteiger partial charge in [-0.05, 0) is 76.7 Å². The smallest absolute Gasteiger partial charge is 0.329 e. The normalized spacial score (nSPS) is 10.6. The number of nitrogens with one attached hydrogen (secondary N) is 3. The lowest BCUT2D eigenvalue weighted by Gasteiger charge is -2.14.